The maximum atomic E-state index is 5.26. The van der Waals surface area contributed by atoms with Crippen LogP contribution in [0.25, 0.3) is 0 Å². The monoisotopic (exact) mass is 182 g/mol. The van der Waals surface area contributed by atoms with Crippen molar-refractivity contribution in [3.8, 4) is 0 Å². The molecule has 0 aromatic heterocycles. The molecule has 0 aliphatic rings. The lowest BCUT2D eigenvalue weighted by Crippen LogP contribution is -2.07. The van der Waals surface area contributed by atoms with E-state index in [4.69, 9.17) is 32.7 Å². The molecule has 10 heavy (non-hydrogen) atoms. The molecular weight excluding hydrogens is 175 g/mol. The topological polar surface area (TPSA) is 18.5 Å². The van der Waals surface area contributed by atoms with Gasteiger partial charge in [0.1, 0.15) is 4.49 Å². The second-order valence-corrected chi connectivity index (χ2v) is 2.36. The van der Waals surface area contributed by atoms with Crippen LogP contribution < -0.4 is 0 Å². The molecule has 0 aromatic carbocycles. The number of ether oxygens (including phenoxy) is 2. The van der Waals surface area contributed by atoms with E-state index >= 15 is 0 Å². The number of methoxy groups -OCH3 is 2. The van der Waals surface area contributed by atoms with E-state index in [9.17, 15) is 0 Å². The molecule has 4 heteroatoms. The van der Waals surface area contributed by atoms with Gasteiger partial charge in [-0.15, -0.1) is 0 Å². The second-order valence-electron chi connectivity index (χ2n) is 1.41. The number of hydrogen-bond donors (Lipinski definition) is 0. The van der Waals surface area contributed by atoms with Gasteiger partial charge in [-0.3, -0.25) is 0 Å². The van der Waals surface area contributed by atoms with Crippen molar-refractivity contribution in [3.63, 3.8) is 0 Å². The fourth-order valence-electron chi connectivity index (χ4n) is 0.363. The van der Waals surface area contributed by atoms with E-state index in [1.165, 1.54) is 20.3 Å². The molecule has 58 valence electrons. The van der Waals surface area contributed by atoms with E-state index in [1.807, 2.05) is 0 Å². The fraction of sp³-hybridized carbons (Fsp3) is 0.500. The minimum absolute atomic E-state index is 0.0547. The van der Waals surface area contributed by atoms with Crippen LogP contribution in [0.2, 0.25) is 0 Å². The molecule has 0 saturated carbocycles. The normalized spacial score (nSPS) is 9.30. The first kappa shape index (κ1) is 10.0. The quantitative estimate of drug-likeness (QED) is 0.492. The molecule has 0 N–H and O–H groups in total. The van der Waals surface area contributed by atoms with Crippen molar-refractivity contribution in [2.75, 3.05) is 14.2 Å². The SMILES string of the molecule is COC(C=C=C(Cl)Cl)OC. The van der Waals surface area contributed by atoms with Crippen molar-refractivity contribution < 1.29 is 9.47 Å². The van der Waals surface area contributed by atoms with Gasteiger partial charge in [0.05, 0.1) is 0 Å². The Hall–Kier alpha value is 0.0200. The fourth-order valence-corrected chi connectivity index (χ4v) is 0.489. The molecule has 0 heterocycles. The number of halogens is 2. The molecule has 0 bridgehead atoms. The van der Waals surface area contributed by atoms with Crippen LogP contribution in [0.3, 0.4) is 0 Å². The van der Waals surface area contributed by atoms with Crippen LogP contribution >= 0.6 is 23.2 Å². The Labute approximate surface area is 70.0 Å². The Bertz CT molecular complexity index is 142. The van der Waals surface area contributed by atoms with Crippen LogP contribution in [-0.4, -0.2) is 20.5 Å². The van der Waals surface area contributed by atoms with Crippen LogP contribution in [-0.2, 0) is 9.47 Å². The second kappa shape index (κ2) is 5.78. The standard InChI is InChI=1S/C6H8Cl2O2/c1-9-6(10-2)4-3-5(7)8/h4,6H,1-2H3. The molecule has 0 unspecified atom stereocenters. The van der Waals surface area contributed by atoms with Gasteiger partial charge in [-0.25, -0.2) is 0 Å². The molecule has 0 amide bonds. The van der Waals surface area contributed by atoms with Gasteiger partial charge in [-0.2, -0.15) is 0 Å². The van der Waals surface area contributed by atoms with Gasteiger partial charge >= 0.3 is 0 Å². The Morgan fingerprint density at radius 2 is 1.90 bits per heavy atom. The Morgan fingerprint density at radius 3 is 2.20 bits per heavy atom. The first-order chi connectivity index (χ1) is 4.70. The molecule has 0 rings (SSSR count). The summed E-state index contributed by atoms with van der Waals surface area (Å²) in [5, 5.41) is 0. The zero-order valence-corrected chi connectivity index (χ0v) is 7.24. The van der Waals surface area contributed by atoms with E-state index < -0.39 is 6.29 Å². The number of hydrogen-bond acceptors (Lipinski definition) is 2. The highest BCUT2D eigenvalue weighted by molar-refractivity contribution is 6.55. The van der Waals surface area contributed by atoms with Crippen LogP contribution in [0.15, 0.2) is 16.3 Å². The highest BCUT2D eigenvalue weighted by Crippen LogP contribution is 2.03. The Balaban J connectivity index is 3.96. The van der Waals surface area contributed by atoms with E-state index in [-0.39, 0.29) is 4.49 Å². The average Bonchev–Trinajstić information content (AvgIpc) is 1.90. The van der Waals surface area contributed by atoms with Crippen LogP contribution in [0.4, 0.5) is 0 Å². The average molecular weight is 183 g/mol. The third-order valence-electron chi connectivity index (χ3n) is 0.793. The third-order valence-corrected chi connectivity index (χ3v) is 1.01. The van der Waals surface area contributed by atoms with Crippen molar-refractivity contribution in [2.45, 2.75) is 6.29 Å². The van der Waals surface area contributed by atoms with Crippen LogP contribution in [0.5, 0.6) is 0 Å². The van der Waals surface area contributed by atoms with E-state index in [2.05, 4.69) is 5.73 Å². The highest BCUT2D eigenvalue weighted by atomic mass is 35.5. The first-order valence-corrected chi connectivity index (χ1v) is 3.29. The molecular formula is C6H8Cl2O2. The van der Waals surface area contributed by atoms with Crippen molar-refractivity contribution >= 4 is 23.2 Å². The summed E-state index contributed by atoms with van der Waals surface area (Å²) in [7, 11) is 3.02. The molecule has 0 spiro atoms. The highest BCUT2D eigenvalue weighted by Gasteiger charge is 1.95. The van der Waals surface area contributed by atoms with Gasteiger partial charge in [-0.1, -0.05) is 28.9 Å². The lowest BCUT2D eigenvalue weighted by Gasteiger charge is -2.04. The summed E-state index contributed by atoms with van der Waals surface area (Å²) in [6, 6.07) is 0. The minimum Gasteiger partial charge on any atom is -0.352 e. The predicted octanol–water partition coefficient (Wildman–Crippen LogP) is 2.08. The Kier molecular flexibility index (Phi) is 5.79. The zero-order valence-electron chi connectivity index (χ0n) is 5.73. The van der Waals surface area contributed by atoms with Crippen molar-refractivity contribution in [1.29, 1.82) is 0 Å². The molecule has 0 aromatic rings. The summed E-state index contributed by atoms with van der Waals surface area (Å²) in [6.45, 7) is 0. The molecule has 2 nitrogen and oxygen atoms in total. The molecule has 0 atom stereocenters. The summed E-state index contributed by atoms with van der Waals surface area (Å²) in [4.78, 5) is 0. The maximum absolute atomic E-state index is 5.26. The lowest BCUT2D eigenvalue weighted by atomic mass is 10.6. The molecule has 0 aliphatic heterocycles. The molecule has 0 aliphatic carbocycles. The minimum atomic E-state index is -0.438. The summed E-state index contributed by atoms with van der Waals surface area (Å²) in [5.74, 6) is 0. The maximum Gasteiger partial charge on any atom is 0.183 e. The lowest BCUT2D eigenvalue weighted by molar-refractivity contribution is -0.0664. The summed E-state index contributed by atoms with van der Waals surface area (Å²) >= 11 is 10.5. The zero-order chi connectivity index (χ0) is 7.98. The van der Waals surface area contributed by atoms with Crippen LogP contribution in [0.1, 0.15) is 0 Å². The van der Waals surface area contributed by atoms with Gasteiger partial charge in [0.15, 0.2) is 6.29 Å². The Morgan fingerprint density at radius 1 is 1.40 bits per heavy atom. The summed E-state index contributed by atoms with van der Waals surface area (Å²) in [6.07, 6.45) is 1.04. The van der Waals surface area contributed by atoms with Crippen molar-refractivity contribution in [1.82, 2.24) is 0 Å². The summed E-state index contributed by atoms with van der Waals surface area (Å²) in [5.41, 5.74) is 2.52. The van der Waals surface area contributed by atoms with E-state index in [0.29, 0.717) is 0 Å². The van der Waals surface area contributed by atoms with E-state index in [1.54, 1.807) is 0 Å². The molecule has 0 radical (unpaired) electrons. The van der Waals surface area contributed by atoms with Crippen molar-refractivity contribution in [2.24, 2.45) is 0 Å². The number of rotatable bonds is 3. The van der Waals surface area contributed by atoms with Gasteiger partial charge in [0.2, 0.25) is 0 Å². The molecule has 0 saturated heterocycles. The van der Waals surface area contributed by atoms with Crippen molar-refractivity contribution in [3.05, 3.63) is 16.3 Å². The van der Waals surface area contributed by atoms with Gasteiger partial charge in [0.25, 0.3) is 0 Å². The van der Waals surface area contributed by atoms with E-state index in [0.717, 1.165) is 0 Å². The largest absolute Gasteiger partial charge is 0.352 e. The van der Waals surface area contributed by atoms with Crippen LogP contribution in [0, 0.1) is 0 Å². The smallest absolute Gasteiger partial charge is 0.183 e. The van der Waals surface area contributed by atoms with Gasteiger partial charge in [-0.05, 0) is 0 Å². The third kappa shape index (κ3) is 4.86. The molecule has 0 fully saturated rings. The summed E-state index contributed by atoms with van der Waals surface area (Å²) < 4.78 is 9.61. The van der Waals surface area contributed by atoms with Gasteiger partial charge in [0, 0.05) is 20.3 Å². The van der Waals surface area contributed by atoms with Gasteiger partial charge < -0.3 is 9.47 Å². The predicted molar refractivity (Wildman–Crippen MR) is 41.1 cm³/mol. The first-order valence-electron chi connectivity index (χ1n) is 2.54.